The molecule has 106 valence electrons. The van der Waals surface area contributed by atoms with Crippen LogP contribution in [0.1, 0.15) is 24.1 Å². The number of benzene rings is 2. The van der Waals surface area contributed by atoms with Crippen LogP contribution in [0.15, 0.2) is 36.4 Å². The maximum Gasteiger partial charge on any atom is 0.0606 e. The van der Waals surface area contributed by atoms with E-state index in [1.807, 2.05) is 25.1 Å². The third-order valence-electron chi connectivity index (χ3n) is 2.95. The Morgan fingerprint density at radius 1 is 0.850 bits per heavy atom. The molecule has 1 N–H and O–H groups in total. The number of nitrogens with one attached hydrogen (secondary N) is 1. The first kappa shape index (κ1) is 15.9. The number of hydrogen-bond acceptors (Lipinski definition) is 1. The molecular formula is C15H13Cl4N. The van der Waals surface area contributed by atoms with Crippen LogP contribution >= 0.6 is 46.4 Å². The van der Waals surface area contributed by atoms with E-state index in [-0.39, 0.29) is 6.04 Å². The summed E-state index contributed by atoms with van der Waals surface area (Å²) in [5.41, 5.74) is 1.81. The summed E-state index contributed by atoms with van der Waals surface area (Å²) >= 11 is 24.6. The van der Waals surface area contributed by atoms with E-state index in [0.717, 1.165) is 17.7 Å². The third kappa shape index (κ3) is 3.60. The fraction of sp³-hybridized carbons (Fsp3) is 0.200. The molecule has 0 bridgehead atoms. The van der Waals surface area contributed by atoms with Gasteiger partial charge in [0.15, 0.2) is 0 Å². The van der Waals surface area contributed by atoms with Crippen LogP contribution in [0.25, 0.3) is 0 Å². The van der Waals surface area contributed by atoms with E-state index in [2.05, 4.69) is 5.32 Å². The first-order valence-corrected chi connectivity index (χ1v) is 7.67. The van der Waals surface area contributed by atoms with Crippen molar-refractivity contribution in [3.05, 3.63) is 67.6 Å². The Hall–Kier alpha value is -0.440. The molecule has 0 aromatic heterocycles. The summed E-state index contributed by atoms with van der Waals surface area (Å²) in [4.78, 5) is 0. The van der Waals surface area contributed by atoms with Gasteiger partial charge < -0.3 is 5.32 Å². The van der Waals surface area contributed by atoms with Gasteiger partial charge in [0.05, 0.1) is 6.04 Å². The van der Waals surface area contributed by atoms with Crippen LogP contribution in [0.2, 0.25) is 20.1 Å². The van der Waals surface area contributed by atoms with Crippen molar-refractivity contribution < 1.29 is 0 Å². The molecular weight excluding hydrogens is 336 g/mol. The van der Waals surface area contributed by atoms with Crippen molar-refractivity contribution in [2.45, 2.75) is 13.0 Å². The van der Waals surface area contributed by atoms with Gasteiger partial charge in [-0.25, -0.2) is 0 Å². The molecule has 1 unspecified atom stereocenters. The Morgan fingerprint density at radius 2 is 1.50 bits per heavy atom. The molecule has 0 spiro atoms. The van der Waals surface area contributed by atoms with Crippen LogP contribution in [0.5, 0.6) is 0 Å². The van der Waals surface area contributed by atoms with Gasteiger partial charge >= 0.3 is 0 Å². The Morgan fingerprint density at radius 3 is 2.15 bits per heavy atom. The molecule has 0 fully saturated rings. The summed E-state index contributed by atoms with van der Waals surface area (Å²) in [6.07, 6.45) is 0. The SMILES string of the molecule is CCNC(c1ccc(Cl)cc1Cl)c1cc(Cl)ccc1Cl. The highest BCUT2D eigenvalue weighted by molar-refractivity contribution is 6.35. The monoisotopic (exact) mass is 347 g/mol. The second kappa shape index (κ2) is 7.02. The van der Waals surface area contributed by atoms with Gasteiger partial charge in [0.25, 0.3) is 0 Å². The van der Waals surface area contributed by atoms with Crippen LogP contribution < -0.4 is 5.32 Å². The zero-order valence-corrected chi connectivity index (χ0v) is 13.8. The molecule has 1 atom stereocenters. The minimum absolute atomic E-state index is 0.129. The highest BCUT2D eigenvalue weighted by Crippen LogP contribution is 2.34. The van der Waals surface area contributed by atoms with Gasteiger partial charge in [-0.05, 0) is 48.0 Å². The van der Waals surface area contributed by atoms with Gasteiger partial charge in [0, 0.05) is 20.1 Å². The molecule has 20 heavy (non-hydrogen) atoms. The Labute approximate surface area is 138 Å². The molecule has 0 aliphatic rings. The number of rotatable bonds is 4. The maximum atomic E-state index is 6.30. The summed E-state index contributed by atoms with van der Waals surface area (Å²) in [5.74, 6) is 0. The summed E-state index contributed by atoms with van der Waals surface area (Å²) in [6, 6.07) is 10.7. The second-order valence-corrected chi connectivity index (χ2v) is 6.01. The lowest BCUT2D eigenvalue weighted by atomic mass is 9.98. The summed E-state index contributed by atoms with van der Waals surface area (Å²) < 4.78 is 0. The Balaban J connectivity index is 2.53. The largest absolute Gasteiger partial charge is 0.306 e. The molecule has 0 amide bonds. The minimum atomic E-state index is -0.129. The van der Waals surface area contributed by atoms with Crippen LogP contribution in [0.4, 0.5) is 0 Å². The Kier molecular flexibility index (Phi) is 5.59. The topological polar surface area (TPSA) is 12.0 Å². The fourth-order valence-electron chi connectivity index (χ4n) is 2.06. The summed E-state index contributed by atoms with van der Waals surface area (Å²) in [7, 11) is 0. The predicted octanol–water partition coefficient (Wildman–Crippen LogP) is 6.00. The first-order valence-electron chi connectivity index (χ1n) is 6.16. The maximum absolute atomic E-state index is 6.30. The zero-order valence-electron chi connectivity index (χ0n) is 10.8. The average Bonchev–Trinajstić information content (AvgIpc) is 2.40. The van der Waals surface area contributed by atoms with Gasteiger partial charge in [0.1, 0.15) is 0 Å². The highest BCUT2D eigenvalue weighted by Gasteiger charge is 2.19. The van der Waals surface area contributed by atoms with Crippen LogP contribution in [0, 0.1) is 0 Å². The van der Waals surface area contributed by atoms with Gasteiger partial charge in [-0.15, -0.1) is 0 Å². The Bertz CT molecular complexity index is 613. The lowest BCUT2D eigenvalue weighted by molar-refractivity contribution is 0.631. The molecule has 5 heteroatoms. The summed E-state index contributed by atoms with van der Waals surface area (Å²) in [5, 5.41) is 5.85. The third-order valence-corrected chi connectivity index (χ3v) is 4.09. The van der Waals surface area contributed by atoms with Gasteiger partial charge in [-0.3, -0.25) is 0 Å². The smallest absolute Gasteiger partial charge is 0.0606 e. The molecule has 0 saturated heterocycles. The number of halogens is 4. The van der Waals surface area contributed by atoms with Gasteiger partial charge in [0.2, 0.25) is 0 Å². The van der Waals surface area contributed by atoms with E-state index in [4.69, 9.17) is 46.4 Å². The standard InChI is InChI=1S/C15H13Cl4N/c1-2-20-15(11-5-3-10(17)8-14(11)19)12-7-9(16)4-6-13(12)18/h3-8,15,20H,2H2,1H3. The first-order chi connectivity index (χ1) is 9.52. The minimum Gasteiger partial charge on any atom is -0.306 e. The van der Waals surface area contributed by atoms with Crippen molar-refractivity contribution in [2.75, 3.05) is 6.54 Å². The van der Waals surface area contributed by atoms with Crippen molar-refractivity contribution >= 4 is 46.4 Å². The molecule has 0 heterocycles. The van der Waals surface area contributed by atoms with E-state index >= 15 is 0 Å². The van der Waals surface area contributed by atoms with Crippen LogP contribution in [-0.2, 0) is 0 Å². The van der Waals surface area contributed by atoms with E-state index in [1.165, 1.54) is 0 Å². The molecule has 0 radical (unpaired) electrons. The van der Waals surface area contributed by atoms with Crippen molar-refractivity contribution in [2.24, 2.45) is 0 Å². The van der Waals surface area contributed by atoms with Crippen molar-refractivity contribution in [1.29, 1.82) is 0 Å². The molecule has 1 nitrogen and oxygen atoms in total. The van der Waals surface area contributed by atoms with Crippen molar-refractivity contribution in [3.63, 3.8) is 0 Å². The number of hydrogen-bond donors (Lipinski definition) is 1. The molecule has 2 aromatic rings. The van der Waals surface area contributed by atoms with E-state index in [9.17, 15) is 0 Å². The van der Waals surface area contributed by atoms with Crippen LogP contribution in [0.3, 0.4) is 0 Å². The van der Waals surface area contributed by atoms with Crippen molar-refractivity contribution in [3.8, 4) is 0 Å². The van der Waals surface area contributed by atoms with Crippen molar-refractivity contribution in [1.82, 2.24) is 5.32 Å². The van der Waals surface area contributed by atoms with Gasteiger partial charge in [-0.1, -0.05) is 59.4 Å². The van der Waals surface area contributed by atoms with Gasteiger partial charge in [-0.2, -0.15) is 0 Å². The van der Waals surface area contributed by atoms with Crippen LogP contribution in [-0.4, -0.2) is 6.54 Å². The van der Waals surface area contributed by atoms with E-state index < -0.39 is 0 Å². The molecule has 2 rings (SSSR count). The van der Waals surface area contributed by atoms with E-state index in [0.29, 0.717) is 20.1 Å². The van der Waals surface area contributed by atoms with E-state index in [1.54, 1.807) is 18.2 Å². The summed E-state index contributed by atoms with van der Waals surface area (Å²) in [6.45, 7) is 2.79. The molecule has 0 saturated carbocycles. The lowest BCUT2D eigenvalue weighted by Gasteiger charge is -2.21. The lowest BCUT2D eigenvalue weighted by Crippen LogP contribution is -2.22. The molecule has 0 aliphatic heterocycles. The highest BCUT2D eigenvalue weighted by atomic mass is 35.5. The predicted molar refractivity (Wildman–Crippen MR) is 88.4 cm³/mol. The molecule has 2 aromatic carbocycles. The molecule has 0 aliphatic carbocycles. The normalized spacial score (nSPS) is 12.4. The average molecular weight is 349 g/mol. The quantitative estimate of drug-likeness (QED) is 0.714. The second-order valence-electron chi connectivity index (χ2n) is 4.32. The fourth-order valence-corrected chi connectivity index (χ4v) is 2.99. The zero-order chi connectivity index (χ0) is 14.7.